The number of carboxylic acids is 4. The molecular weight excluding hydrogens is 276 g/mol. The molecule has 0 spiro atoms. The van der Waals surface area contributed by atoms with Crippen molar-refractivity contribution in [3.8, 4) is 0 Å². The lowest BCUT2D eigenvalue weighted by molar-refractivity contribution is -0.150. The normalized spacial score (nSPS) is 13.7. The zero-order valence-corrected chi connectivity index (χ0v) is 10.5. The minimum Gasteiger partial charge on any atom is -0.481 e. The summed E-state index contributed by atoms with van der Waals surface area (Å²) in [7, 11) is 0. The van der Waals surface area contributed by atoms with E-state index < -0.39 is 55.3 Å². The first kappa shape index (κ1) is 17.8. The van der Waals surface area contributed by atoms with Crippen LogP contribution in [0.25, 0.3) is 0 Å². The second-order valence-corrected chi connectivity index (χ2v) is 4.28. The summed E-state index contributed by atoms with van der Waals surface area (Å²) < 4.78 is 0. The lowest BCUT2D eigenvalue weighted by atomic mass is 9.92. The van der Waals surface area contributed by atoms with Crippen molar-refractivity contribution >= 4 is 23.9 Å². The van der Waals surface area contributed by atoms with E-state index in [-0.39, 0.29) is 6.54 Å². The molecule has 0 aromatic carbocycles. The van der Waals surface area contributed by atoms with Crippen LogP contribution in [0.5, 0.6) is 0 Å². The first-order valence-electron chi connectivity index (χ1n) is 5.47. The van der Waals surface area contributed by atoms with Crippen LogP contribution < -0.4 is 5.73 Å². The third kappa shape index (κ3) is 6.66. The van der Waals surface area contributed by atoms with E-state index in [1.807, 2.05) is 0 Å². The maximum atomic E-state index is 11.0. The lowest BCUT2D eigenvalue weighted by Crippen LogP contribution is -2.52. The molecule has 6 N–H and O–H groups in total. The molecule has 0 rings (SSSR count). The summed E-state index contributed by atoms with van der Waals surface area (Å²) >= 11 is 0. The van der Waals surface area contributed by atoms with Crippen LogP contribution in [-0.4, -0.2) is 74.4 Å². The van der Waals surface area contributed by atoms with Crippen molar-refractivity contribution in [2.24, 2.45) is 5.73 Å². The monoisotopic (exact) mass is 292 g/mol. The van der Waals surface area contributed by atoms with Crippen LogP contribution in [0.3, 0.4) is 0 Å². The zero-order valence-electron chi connectivity index (χ0n) is 10.5. The minimum atomic E-state index is -2.08. The molecule has 20 heavy (non-hydrogen) atoms. The summed E-state index contributed by atoms with van der Waals surface area (Å²) in [5.74, 6) is -5.55. The summed E-state index contributed by atoms with van der Waals surface area (Å²) in [5, 5.41) is 34.7. The molecule has 0 saturated heterocycles. The van der Waals surface area contributed by atoms with E-state index in [4.69, 9.17) is 26.2 Å². The SMILES string of the molecule is NC(CCN(CC(=O)O)CC(=O)O)(CC(=O)O)C(=O)O. The number of nitrogens with zero attached hydrogens (tertiary/aromatic N) is 1. The van der Waals surface area contributed by atoms with Gasteiger partial charge < -0.3 is 26.2 Å². The molecule has 114 valence electrons. The Balaban J connectivity index is 4.77. The summed E-state index contributed by atoms with van der Waals surface area (Å²) in [6.45, 7) is -1.50. The maximum Gasteiger partial charge on any atom is 0.324 e. The second kappa shape index (κ2) is 7.40. The molecule has 0 aromatic heterocycles. The molecule has 0 bridgehead atoms. The van der Waals surface area contributed by atoms with Gasteiger partial charge in [-0.3, -0.25) is 24.1 Å². The van der Waals surface area contributed by atoms with E-state index in [1.165, 1.54) is 0 Å². The third-order valence-corrected chi connectivity index (χ3v) is 2.48. The number of nitrogens with two attached hydrogens (primary N) is 1. The number of carbonyl (C=O) groups is 4. The number of carboxylic acid groups (broad SMARTS) is 4. The quantitative estimate of drug-likeness (QED) is 0.305. The van der Waals surface area contributed by atoms with Gasteiger partial charge in [-0.2, -0.15) is 0 Å². The smallest absolute Gasteiger partial charge is 0.324 e. The Morgan fingerprint density at radius 1 is 0.900 bits per heavy atom. The van der Waals surface area contributed by atoms with E-state index in [0.29, 0.717) is 0 Å². The lowest BCUT2D eigenvalue weighted by Gasteiger charge is -2.26. The van der Waals surface area contributed by atoms with Crippen LogP contribution in [0.4, 0.5) is 0 Å². The molecule has 0 saturated carbocycles. The van der Waals surface area contributed by atoms with Crippen molar-refractivity contribution in [1.82, 2.24) is 4.90 Å². The topological polar surface area (TPSA) is 178 Å². The van der Waals surface area contributed by atoms with E-state index in [0.717, 1.165) is 4.90 Å². The molecule has 0 fully saturated rings. The summed E-state index contributed by atoms with van der Waals surface area (Å²) in [4.78, 5) is 43.6. The Labute approximate surface area is 113 Å². The van der Waals surface area contributed by atoms with Gasteiger partial charge in [0.15, 0.2) is 0 Å². The molecule has 0 aliphatic heterocycles. The number of hydrogen-bond acceptors (Lipinski definition) is 6. The number of aliphatic carboxylic acids is 4. The predicted octanol–water partition coefficient (Wildman–Crippen LogP) is -1.90. The highest BCUT2D eigenvalue weighted by Gasteiger charge is 2.37. The highest BCUT2D eigenvalue weighted by Crippen LogP contribution is 2.13. The van der Waals surface area contributed by atoms with Crippen molar-refractivity contribution in [3.05, 3.63) is 0 Å². The van der Waals surface area contributed by atoms with Gasteiger partial charge in [-0.25, -0.2) is 0 Å². The average molecular weight is 292 g/mol. The van der Waals surface area contributed by atoms with Gasteiger partial charge in [0.25, 0.3) is 0 Å². The van der Waals surface area contributed by atoms with Gasteiger partial charge in [0.2, 0.25) is 0 Å². The van der Waals surface area contributed by atoms with E-state index in [1.54, 1.807) is 0 Å². The third-order valence-electron chi connectivity index (χ3n) is 2.48. The van der Waals surface area contributed by atoms with Crippen molar-refractivity contribution in [3.63, 3.8) is 0 Å². The Hall–Kier alpha value is -2.20. The zero-order chi connectivity index (χ0) is 15.9. The summed E-state index contributed by atoms with van der Waals surface area (Å²) in [6, 6.07) is 0. The molecular formula is C10H16N2O8. The fourth-order valence-corrected chi connectivity index (χ4v) is 1.50. The summed E-state index contributed by atoms with van der Waals surface area (Å²) in [5.41, 5.74) is 3.37. The van der Waals surface area contributed by atoms with Crippen molar-refractivity contribution in [1.29, 1.82) is 0 Å². The highest BCUT2D eigenvalue weighted by molar-refractivity contribution is 5.84. The van der Waals surface area contributed by atoms with Crippen LogP contribution in [0, 0.1) is 0 Å². The molecule has 10 nitrogen and oxygen atoms in total. The molecule has 0 amide bonds. The Kier molecular flexibility index (Phi) is 6.59. The highest BCUT2D eigenvalue weighted by atomic mass is 16.4. The summed E-state index contributed by atoms with van der Waals surface area (Å²) in [6.07, 6.45) is -1.24. The number of hydrogen-bond donors (Lipinski definition) is 5. The number of rotatable bonds is 10. The Morgan fingerprint density at radius 3 is 1.65 bits per heavy atom. The largest absolute Gasteiger partial charge is 0.481 e. The molecule has 1 unspecified atom stereocenters. The van der Waals surface area contributed by atoms with Gasteiger partial charge in [-0.15, -0.1) is 0 Å². The van der Waals surface area contributed by atoms with Crippen LogP contribution in [0.2, 0.25) is 0 Å². The fourth-order valence-electron chi connectivity index (χ4n) is 1.50. The van der Waals surface area contributed by atoms with Crippen molar-refractivity contribution in [2.45, 2.75) is 18.4 Å². The molecule has 0 aliphatic carbocycles. The first-order valence-corrected chi connectivity index (χ1v) is 5.47. The Morgan fingerprint density at radius 2 is 1.35 bits per heavy atom. The molecule has 0 radical (unpaired) electrons. The van der Waals surface area contributed by atoms with E-state index in [2.05, 4.69) is 0 Å². The van der Waals surface area contributed by atoms with E-state index >= 15 is 0 Å². The average Bonchev–Trinajstić information content (AvgIpc) is 2.23. The van der Waals surface area contributed by atoms with Crippen LogP contribution in [-0.2, 0) is 19.2 Å². The van der Waals surface area contributed by atoms with Gasteiger partial charge in [-0.05, 0) is 6.42 Å². The first-order chi connectivity index (χ1) is 9.06. The van der Waals surface area contributed by atoms with Crippen molar-refractivity contribution < 1.29 is 39.6 Å². The van der Waals surface area contributed by atoms with Crippen LogP contribution >= 0.6 is 0 Å². The van der Waals surface area contributed by atoms with Gasteiger partial charge in [0.1, 0.15) is 5.54 Å². The molecule has 0 aliphatic rings. The van der Waals surface area contributed by atoms with E-state index in [9.17, 15) is 19.2 Å². The van der Waals surface area contributed by atoms with Gasteiger partial charge in [0.05, 0.1) is 19.5 Å². The predicted molar refractivity (Wildman–Crippen MR) is 63.1 cm³/mol. The standard InChI is InChI=1S/C10H16N2O8/c11-10(9(19)20,3-6(13)14)1-2-12(4-7(15)16)5-8(17)18/h1-5,11H2,(H,13,14)(H,15,16)(H,17,18)(H,19,20). The van der Waals surface area contributed by atoms with Crippen LogP contribution in [0.15, 0.2) is 0 Å². The second-order valence-electron chi connectivity index (χ2n) is 4.28. The molecule has 0 heterocycles. The van der Waals surface area contributed by atoms with Crippen molar-refractivity contribution in [2.75, 3.05) is 19.6 Å². The van der Waals surface area contributed by atoms with Gasteiger partial charge >= 0.3 is 23.9 Å². The molecule has 0 aromatic rings. The Bertz CT molecular complexity index is 394. The van der Waals surface area contributed by atoms with Crippen LogP contribution in [0.1, 0.15) is 12.8 Å². The van der Waals surface area contributed by atoms with Gasteiger partial charge in [0, 0.05) is 6.54 Å². The maximum absolute atomic E-state index is 11.0. The minimum absolute atomic E-state index is 0.269. The molecule has 1 atom stereocenters. The molecule has 10 heteroatoms. The fraction of sp³-hybridized carbons (Fsp3) is 0.600. The van der Waals surface area contributed by atoms with Gasteiger partial charge in [-0.1, -0.05) is 0 Å².